The maximum absolute atomic E-state index is 12.1. The number of nitrogens with one attached hydrogen (secondary N) is 1. The van der Waals surface area contributed by atoms with E-state index in [1.165, 1.54) is 45.1 Å². The van der Waals surface area contributed by atoms with Gasteiger partial charge in [-0.3, -0.25) is 9.59 Å². The fraction of sp³-hybridized carbons (Fsp3) is 0.350. The quantitative estimate of drug-likeness (QED) is 0.501. The second-order valence-corrected chi connectivity index (χ2v) is 6.15. The van der Waals surface area contributed by atoms with Gasteiger partial charge in [0.05, 0.1) is 21.3 Å². The van der Waals surface area contributed by atoms with Crippen molar-refractivity contribution in [1.29, 1.82) is 0 Å². The molecule has 0 bridgehead atoms. The Balaban J connectivity index is 1.96. The molecule has 2 aromatic rings. The first-order valence-corrected chi connectivity index (χ1v) is 8.70. The fourth-order valence-corrected chi connectivity index (χ4v) is 2.64. The number of aryl methyl sites for hydroxylation is 1. The van der Waals surface area contributed by atoms with Crippen LogP contribution in [0.3, 0.4) is 0 Å². The number of Topliss-reactive ketones (excluding diaryl/α,β-unsaturated/α-hetero) is 1. The molecule has 1 N–H and O–H groups in total. The molecule has 0 aliphatic heterocycles. The lowest BCUT2D eigenvalue weighted by atomic mass is 10.1. The van der Waals surface area contributed by atoms with Gasteiger partial charge in [-0.1, -0.05) is 0 Å². The molecule has 0 spiro atoms. The summed E-state index contributed by atoms with van der Waals surface area (Å²) in [6.45, 7) is 1.08. The largest absolute Gasteiger partial charge is 0.496 e. The molecule has 156 valence electrons. The number of hydrogen-bond acceptors (Lipinski definition) is 7. The molecule has 1 amide bonds. The minimum Gasteiger partial charge on any atom is -0.496 e. The van der Waals surface area contributed by atoms with E-state index < -0.39 is 18.5 Å². The summed E-state index contributed by atoms with van der Waals surface area (Å²) in [5.74, 6) is 0.159. The Bertz CT molecular complexity index is 918. The first kappa shape index (κ1) is 21.8. The summed E-state index contributed by atoms with van der Waals surface area (Å²) in [7, 11) is 6.14. The smallest absolute Gasteiger partial charge is 0.355 e. The number of methoxy groups -OCH3 is 3. The fourth-order valence-electron chi connectivity index (χ4n) is 2.64. The van der Waals surface area contributed by atoms with Crippen molar-refractivity contribution in [2.45, 2.75) is 13.5 Å². The Kier molecular flexibility index (Phi) is 7.24. The van der Waals surface area contributed by atoms with E-state index in [1.807, 2.05) is 0 Å². The molecule has 0 atom stereocenters. The van der Waals surface area contributed by atoms with Gasteiger partial charge in [-0.25, -0.2) is 4.79 Å². The van der Waals surface area contributed by atoms with E-state index >= 15 is 0 Å². The van der Waals surface area contributed by atoms with Crippen molar-refractivity contribution in [3.05, 3.63) is 41.2 Å². The second kappa shape index (κ2) is 9.63. The number of carbonyl (C=O) groups is 3. The highest BCUT2D eigenvalue weighted by atomic mass is 16.5. The first-order valence-electron chi connectivity index (χ1n) is 8.70. The van der Waals surface area contributed by atoms with Gasteiger partial charge in [0.15, 0.2) is 23.9 Å². The van der Waals surface area contributed by atoms with E-state index in [2.05, 4.69) is 5.32 Å². The van der Waals surface area contributed by atoms with Gasteiger partial charge in [0, 0.05) is 37.0 Å². The predicted molar refractivity (Wildman–Crippen MR) is 104 cm³/mol. The topological polar surface area (TPSA) is 105 Å². The third kappa shape index (κ3) is 5.28. The number of aromatic nitrogens is 1. The lowest BCUT2D eigenvalue weighted by Gasteiger charge is -2.14. The lowest BCUT2D eigenvalue weighted by molar-refractivity contribution is -0.124. The van der Waals surface area contributed by atoms with Crippen LogP contribution in [0.25, 0.3) is 0 Å². The van der Waals surface area contributed by atoms with Crippen molar-refractivity contribution in [2.75, 3.05) is 27.9 Å². The average Bonchev–Trinajstić information content (AvgIpc) is 3.11. The summed E-state index contributed by atoms with van der Waals surface area (Å²) in [4.78, 5) is 35.6. The van der Waals surface area contributed by atoms with Gasteiger partial charge in [-0.05, 0) is 19.1 Å². The molecular formula is C20H24N2O7. The Morgan fingerprint density at radius 3 is 2.14 bits per heavy atom. The molecule has 0 aliphatic carbocycles. The summed E-state index contributed by atoms with van der Waals surface area (Å²) in [6, 6.07) is 4.77. The molecule has 1 aromatic carbocycles. The standard InChI is InChI=1S/C20H24N2O7/c1-12(23)14-6-15(22(2)10-14)20(25)29-11-19(24)21-9-13-7-17(27-4)18(28-5)8-16(13)26-3/h6-8,10H,9,11H2,1-5H3,(H,21,24). The van der Waals surface area contributed by atoms with Crippen LogP contribution < -0.4 is 19.5 Å². The van der Waals surface area contributed by atoms with Crippen molar-refractivity contribution < 1.29 is 33.3 Å². The van der Waals surface area contributed by atoms with Crippen molar-refractivity contribution in [1.82, 2.24) is 9.88 Å². The summed E-state index contributed by atoms with van der Waals surface area (Å²) in [6.07, 6.45) is 1.53. The molecule has 9 nitrogen and oxygen atoms in total. The van der Waals surface area contributed by atoms with Gasteiger partial charge in [0.25, 0.3) is 5.91 Å². The third-order valence-electron chi connectivity index (χ3n) is 4.22. The Morgan fingerprint density at radius 1 is 0.966 bits per heavy atom. The molecule has 0 saturated carbocycles. The molecule has 0 unspecified atom stereocenters. The lowest BCUT2D eigenvalue weighted by Crippen LogP contribution is -2.28. The number of rotatable bonds is 9. The molecule has 0 fully saturated rings. The predicted octanol–water partition coefficient (Wildman–Crippen LogP) is 1.73. The zero-order valence-corrected chi connectivity index (χ0v) is 17.0. The maximum Gasteiger partial charge on any atom is 0.355 e. The minimum atomic E-state index is -0.696. The average molecular weight is 404 g/mol. The number of nitrogens with zero attached hydrogens (tertiary/aromatic N) is 1. The third-order valence-corrected chi connectivity index (χ3v) is 4.22. The molecule has 0 saturated heterocycles. The van der Waals surface area contributed by atoms with Crippen molar-refractivity contribution in [3.63, 3.8) is 0 Å². The molecule has 1 aromatic heterocycles. The Labute approximate surface area is 168 Å². The highest BCUT2D eigenvalue weighted by Gasteiger charge is 2.17. The number of amides is 1. The first-order chi connectivity index (χ1) is 13.8. The van der Waals surface area contributed by atoms with Crippen LogP contribution in [-0.4, -0.2) is 50.2 Å². The number of ketones is 1. The highest BCUT2D eigenvalue weighted by molar-refractivity contribution is 5.98. The summed E-state index contributed by atoms with van der Waals surface area (Å²) in [5, 5.41) is 2.65. The van der Waals surface area contributed by atoms with Gasteiger partial charge in [-0.2, -0.15) is 0 Å². The van der Waals surface area contributed by atoms with Gasteiger partial charge < -0.3 is 28.8 Å². The van der Waals surface area contributed by atoms with Crippen LogP contribution in [0, 0.1) is 0 Å². The van der Waals surface area contributed by atoms with Crippen LogP contribution in [-0.2, 0) is 23.1 Å². The monoisotopic (exact) mass is 404 g/mol. The van der Waals surface area contributed by atoms with Crippen LogP contribution in [0.1, 0.15) is 33.3 Å². The van der Waals surface area contributed by atoms with Crippen molar-refractivity contribution in [3.8, 4) is 17.2 Å². The zero-order chi connectivity index (χ0) is 21.6. The van der Waals surface area contributed by atoms with Gasteiger partial charge in [0.2, 0.25) is 0 Å². The van der Waals surface area contributed by atoms with Gasteiger partial charge in [0.1, 0.15) is 11.4 Å². The number of ether oxygens (including phenoxy) is 4. The molecule has 0 radical (unpaired) electrons. The van der Waals surface area contributed by atoms with Crippen LogP contribution in [0.2, 0.25) is 0 Å². The molecule has 2 rings (SSSR count). The maximum atomic E-state index is 12.1. The van der Waals surface area contributed by atoms with E-state index in [1.54, 1.807) is 19.2 Å². The Hall–Kier alpha value is -3.49. The van der Waals surface area contributed by atoms with E-state index in [4.69, 9.17) is 18.9 Å². The van der Waals surface area contributed by atoms with Crippen LogP contribution in [0.4, 0.5) is 0 Å². The summed E-state index contributed by atoms with van der Waals surface area (Å²) >= 11 is 0. The zero-order valence-electron chi connectivity index (χ0n) is 17.0. The van der Waals surface area contributed by atoms with E-state index in [-0.39, 0.29) is 18.0 Å². The SMILES string of the molecule is COc1cc(OC)c(OC)cc1CNC(=O)COC(=O)c1cc(C(C)=O)cn1C. The summed E-state index contributed by atoms with van der Waals surface area (Å²) in [5.41, 5.74) is 1.24. The van der Waals surface area contributed by atoms with Crippen molar-refractivity contribution in [2.24, 2.45) is 7.05 Å². The van der Waals surface area contributed by atoms with Crippen LogP contribution >= 0.6 is 0 Å². The second-order valence-electron chi connectivity index (χ2n) is 6.15. The van der Waals surface area contributed by atoms with Gasteiger partial charge in [-0.15, -0.1) is 0 Å². The van der Waals surface area contributed by atoms with Gasteiger partial charge >= 0.3 is 5.97 Å². The molecule has 0 aliphatic rings. The van der Waals surface area contributed by atoms with E-state index in [0.717, 1.165) is 0 Å². The van der Waals surface area contributed by atoms with Crippen LogP contribution in [0.5, 0.6) is 17.2 Å². The normalized spacial score (nSPS) is 10.2. The van der Waals surface area contributed by atoms with Crippen molar-refractivity contribution >= 4 is 17.7 Å². The molecule has 9 heteroatoms. The summed E-state index contributed by atoms with van der Waals surface area (Å²) < 4.78 is 22.3. The van der Waals surface area contributed by atoms with E-state index in [9.17, 15) is 14.4 Å². The number of carbonyl (C=O) groups excluding carboxylic acids is 3. The van der Waals surface area contributed by atoms with E-state index in [0.29, 0.717) is 28.4 Å². The molecule has 29 heavy (non-hydrogen) atoms. The minimum absolute atomic E-state index is 0.137. The number of esters is 1. The number of benzene rings is 1. The molecular weight excluding hydrogens is 380 g/mol. The van der Waals surface area contributed by atoms with Crippen LogP contribution in [0.15, 0.2) is 24.4 Å². The Morgan fingerprint density at radius 2 is 1.59 bits per heavy atom. The molecule has 1 heterocycles. The number of hydrogen-bond donors (Lipinski definition) is 1. The highest BCUT2D eigenvalue weighted by Crippen LogP contribution is 2.34.